The summed E-state index contributed by atoms with van der Waals surface area (Å²) in [5.41, 5.74) is 7.72. The van der Waals surface area contributed by atoms with Gasteiger partial charge < -0.3 is 19.7 Å². The Morgan fingerprint density at radius 1 is 1.10 bits per heavy atom. The highest BCUT2D eigenvalue weighted by molar-refractivity contribution is 5.69. The lowest BCUT2D eigenvalue weighted by Gasteiger charge is -2.12. The lowest BCUT2D eigenvalue weighted by molar-refractivity contribution is 0.288. The quantitative estimate of drug-likeness (QED) is 0.842. The SMILES string of the molecule is CCCc1c(N)noc1-c1ccc(OCC)c(OCC)c1. The largest absolute Gasteiger partial charge is 0.490 e. The van der Waals surface area contributed by atoms with Crippen molar-refractivity contribution >= 4 is 5.82 Å². The van der Waals surface area contributed by atoms with Crippen molar-refractivity contribution in [2.45, 2.75) is 33.6 Å². The Labute approximate surface area is 125 Å². The highest BCUT2D eigenvalue weighted by Gasteiger charge is 2.17. The van der Waals surface area contributed by atoms with Crippen LogP contribution in [-0.2, 0) is 6.42 Å². The van der Waals surface area contributed by atoms with E-state index < -0.39 is 0 Å². The lowest BCUT2D eigenvalue weighted by atomic mass is 10.0. The van der Waals surface area contributed by atoms with Crippen molar-refractivity contribution in [2.24, 2.45) is 0 Å². The molecule has 1 heterocycles. The van der Waals surface area contributed by atoms with Crippen LogP contribution in [0.3, 0.4) is 0 Å². The van der Waals surface area contributed by atoms with Crippen molar-refractivity contribution < 1.29 is 14.0 Å². The molecule has 0 fully saturated rings. The van der Waals surface area contributed by atoms with Gasteiger partial charge in [-0.25, -0.2) is 0 Å². The average Bonchev–Trinajstić information content (AvgIpc) is 2.83. The molecular weight excluding hydrogens is 268 g/mol. The van der Waals surface area contributed by atoms with Crippen LogP contribution in [0.15, 0.2) is 22.7 Å². The molecule has 2 N–H and O–H groups in total. The Kier molecular flexibility index (Phi) is 5.09. The number of nitrogens with zero attached hydrogens (tertiary/aromatic N) is 1. The first kappa shape index (κ1) is 15.2. The summed E-state index contributed by atoms with van der Waals surface area (Å²) in [6.07, 6.45) is 1.82. The second-order valence-corrected chi connectivity index (χ2v) is 4.65. The molecule has 0 atom stereocenters. The molecule has 0 saturated heterocycles. The zero-order valence-corrected chi connectivity index (χ0v) is 12.8. The zero-order valence-electron chi connectivity index (χ0n) is 12.8. The third-order valence-electron chi connectivity index (χ3n) is 3.12. The van der Waals surface area contributed by atoms with Gasteiger partial charge in [0, 0.05) is 11.1 Å². The van der Waals surface area contributed by atoms with Gasteiger partial charge in [0.2, 0.25) is 0 Å². The second kappa shape index (κ2) is 7.02. The molecule has 1 aromatic heterocycles. The summed E-state index contributed by atoms with van der Waals surface area (Å²) in [4.78, 5) is 0. The normalized spacial score (nSPS) is 10.6. The van der Waals surface area contributed by atoms with E-state index in [1.54, 1.807) is 0 Å². The minimum atomic E-state index is 0.457. The molecule has 0 saturated carbocycles. The maximum absolute atomic E-state index is 5.88. The summed E-state index contributed by atoms with van der Waals surface area (Å²) in [6.45, 7) is 7.15. The van der Waals surface area contributed by atoms with Gasteiger partial charge in [-0.2, -0.15) is 0 Å². The summed E-state index contributed by atoms with van der Waals surface area (Å²) in [5.74, 6) is 2.60. The van der Waals surface area contributed by atoms with Gasteiger partial charge in [-0.3, -0.25) is 0 Å². The fourth-order valence-corrected chi connectivity index (χ4v) is 2.23. The molecule has 5 nitrogen and oxygen atoms in total. The van der Waals surface area contributed by atoms with Crippen molar-refractivity contribution in [3.63, 3.8) is 0 Å². The molecule has 21 heavy (non-hydrogen) atoms. The Hall–Kier alpha value is -2.17. The highest BCUT2D eigenvalue weighted by atomic mass is 16.5. The van der Waals surface area contributed by atoms with E-state index in [9.17, 15) is 0 Å². The molecule has 114 valence electrons. The number of nitrogen functional groups attached to an aromatic ring is 1. The third-order valence-corrected chi connectivity index (χ3v) is 3.12. The standard InChI is InChI=1S/C16H22N2O3/c1-4-7-12-15(21-18-16(12)17)11-8-9-13(19-5-2)14(10-11)20-6-3/h8-10H,4-7H2,1-3H3,(H2,17,18). The Morgan fingerprint density at radius 3 is 2.48 bits per heavy atom. The fraction of sp³-hybridized carbons (Fsp3) is 0.438. The fourth-order valence-electron chi connectivity index (χ4n) is 2.23. The van der Waals surface area contributed by atoms with E-state index in [0.717, 1.165) is 29.7 Å². The van der Waals surface area contributed by atoms with Crippen molar-refractivity contribution in [1.29, 1.82) is 0 Å². The predicted octanol–water partition coefficient (Wildman–Crippen LogP) is 3.67. The van der Waals surface area contributed by atoms with Crippen molar-refractivity contribution in [2.75, 3.05) is 18.9 Å². The smallest absolute Gasteiger partial charge is 0.172 e. The number of aromatic nitrogens is 1. The summed E-state index contributed by atoms with van der Waals surface area (Å²) in [7, 11) is 0. The summed E-state index contributed by atoms with van der Waals surface area (Å²) in [6, 6.07) is 5.73. The number of benzene rings is 1. The summed E-state index contributed by atoms with van der Waals surface area (Å²) < 4.78 is 16.6. The number of anilines is 1. The zero-order chi connectivity index (χ0) is 15.2. The lowest BCUT2D eigenvalue weighted by Crippen LogP contribution is -1.99. The monoisotopic (exact) mass is 290 g/mol. The molecule has 2 rings (SSSR count). The van der Waals surface area contributed by atoms with Crippen LogP contribution < -0.4 is 15.2 Å². The van der Waals surface area contributed by atoms with Crippen LogP contribution in [0, 0.1) is 0 Å². The second-order valence-electron chi connectivity index (χ2n) is 4.65. The molecule has 0 radical (unpaired) electrons. The summed E-state index contributed by atoms with van der Waals surface area (Å²) >= 11 is 0. The highest BCUT2D eigenvalue weighted by Crippen LogP contribution is 2.35. The molecule has 5 heteroatoms. The van der Waals surface area contributed by atoms with Gasteiger partial charge in [0.25, 0.3) is 0 Å². The van der Waals surface area contributed by atoms with E-state index in [0.29, 0.717) is 30.5 Å². The molecule has 0 unspecified atom stereocenters. The van der Waals surface area contributed by atoms with Crippen LogP contribution >= 0.6 is 0 Å². The number of ether oxygens (including phenoxy) is 2. The number of hydrogen-bond donors (Lipinski definition) is 1. The maximum Gasteiger partial charge on any atom is 0.172 e. The van der Waals surface area contributed by atoms with Crippen LogP contribution in [-0.4, -0.2) is 18.4 Å². The number of nitrogens with two attached hydrogens (primary N) is 1. The Morgan fingerprint density at radius 2 is 1.81 bits per heavy atom. The molecule has 0 aliphatic carbocycles. The van der Waals surface area contributed by atoms with Gasteiger partial charge in [-0.05, 0) is 38.5 Å². The molecule has 1 aromatic carbocycles. The average molecular weight is 290 g/mol. The van der Waals surface area contributed by atoms with E-state index in [4.69, 9.17) is 19.7 Å². The first-order valence-corrected chi connectivity index (χ1v) is 7.35. The Balaban J connectivity index is 2.42. The molecule has 0 bridgehead atoms. The number of rotatable bonds is 7. The van der Waals surface area contributed by atoms with Gasteiger partial charge in [-0.15, -0.1) is 0 Å². The van der Waals surface area contributed by atoms with Gasteiger partial charge in [0.05, 0.1) is 13.2 Å². The summed E-state index contributed by atoms with van der Waals surface area (Å²) in [5, 5.41) is 3.88. The minimum Gasteiger partial charge on any atom is -0.490 e. The van der Waals surface area contributed by atoms with E-state index in [-0.39, 0.29) is 0 Å². The van der Waals surface area contributed by atoms with Crippen molar-refractivity contribution in [3.8, 4) is 22.8 Å². The van der Waals surface area contributed by atoms with Crippen molar-refractivity contribution in [3.05, 3.63) is 23.8 Å². The molecule has 2 aromatic rings. The van der Waals surface area contributed by atoms with E-state index >= 15 is 0 Å². The molecule has 0 aliphatic rings. The minimum absolute atomic E-state index is 0.457. The van der Waals surface area contributed by atoms with Gasteiger partial charge in [0.15, 0.2) is 23.1 Å². The first-order chi connectivity index (χ1) is 10.2. The van der Waals surface area contributed by atoms with Crippen molar-refractivity contribution in [1.82, 2.24) is 5.16 Å². The van der Waals surface area contributed by atoms with E-state index in [2.05, 4.69) is 12.1 Å². The molecule has 0 aliphatic heterocycles. The van der Waals surface area contributed by atoms with Gasteiger partial charge in [0.1, 0.15) is 0 Å². The first-order valence-electron chi connectivity index (χ1n) is 7.35. The van der Waals surface area contributed by atoms with Crippen LogP contribution in [0.2, 0.25) is 0 Å². The van der Waals surface area contributed by atoms with Crippen LogP contribution in [0.5, 0.6) is 11.5 Å². The van der Waals surface area contributed by atoms with E-state index in [1.807, 2.05) is 32.0 Å². The van der Waals surface area contributed by atoms with Crippen LogP contribution in [0.25, 0.3) is 11.3 Å². The molecule has 0 spiro atoms. The molecule has 0 amide bonds. The maximum atomic E-state index is 5.88. The van der Waals surface area contributed by atoms with Gasteiger partial charge >= 0.3 is 0 Å². The van der Waals surface area contributed by atoms with Crippen LogP contribution in [0.4, 0.5) is 5.82 Å². The molecular formula is C16H22N2O3. The Bertz CT molecular complexity index is 593. The number of hydrogen-bond acceptors (Lipinski definition) is 5. The topological polar surface area (TPSA) is 70.5 Å². The third kappa shape index (κ3) is 3.29. The van der Waals surface area contributed by atoms with E-state index in [1.165, 1.54) is 0 Å². The predicted molar refractivity (Wildman–Crippen MR) is 82.7 cm³/mol. The van der Waals surface area contributed by atoms with Gasteiger partial charge in [-0.1, -0.05) is 18.5 Å². The van der Waals surface area contributed by atoms with Crippen LogP contribution in [0.1, 0.15) is 32.8 Å².